The van der Waals surface area contributed by atoms with E-state index in [1.54, 1.807) is 12.4 Å². The van der Waals surface area contributed by atoms with Crippen LogP contribution in [-0.2, 0) is 6.54 Å². The molecule has 1 fully saturated rings. The smallest absolute Gasteiger partial charge is 0.227 e. The van der Waals surface area contributed by atoms with Gasteiger partial charge in [-0.1, -0.05) is 12.1 Å². The van der Waals surface area contributed by atoms with Crippen molar-refractivity contribution in [3.05, 3.63) is 60.6 Å². The number of benzene rings is 1. The molecule has 1 aromatic carbocycles. The normalized spacial score (nSPS) is 16.8. The summed E-state index contributed by atoms with van der Waals surface area (Å²) in [5, 5.41) is 14.0. The van der Waals surface area contributed by atoms with Crippen LogP contribution in [0.3, 0.4) is 0 Å². The van der Waals surface area contributed by atoms with Crippen molar-refractivity contribution in [3.63, 3.8) is 0 Å². The van der Waals surface area contributed by atoms with Crippen molar-refractivity contribution in [2.75, 3.05) is 29.9 Å². The molecule has 1 N–H and O–H groups in total. The molecule has 0 unspecified atom stereocenters. The van der Waals surface area contributed by atoms with Crippen LogP contribution in [0, 0.1) is 0 Å². The highest BCUT2D eigenvalue weighted by molar-refractivity contribution is 5.45. The van der Waals surface area contributed by atoms with Gasteiger partial charge in [0.15, 0.2) is 0 Å². The van der Waals surface area contributed by atoms with Crippen molar-refractivity contribution in [2.45, 2.75) is 19.1 Å². The van der Waals surface area contributed by atoms with Gasteiger partial charge in [-0.25, -0.2) is 9.67 Å². The summed E-state index contributed by atoms with van der Waals surface area (Å²) in [5.74, 6) is 1.55. The monoisotopic (exact) mass is 350 g/mol. The van der Waals surface area contributed by atoms with Gasteiger partial charge < -0.3 is 14.9 Å². The number of β-amino-alcohol motifs (C(OH)–C–C–N with tert-alkyl or cyclic N) is 1. The van der Waals surface area contributed by atoms with Crippen LogP contribution in [0.5, 0.6) is 0 Å². The average Bonchev–Trinajstić information content (AvgIpc) is 3.34. The molecule has 26 heavy (non-hydrogen) atoms. The Balaban J connectivity index is 1.45. The molecular formula is C19H22N6O. The van der Waals surface area contributed by atoms with Crippen LogP contribution >= 0.6 is 0 Å². The molecule has 0 spiro atoms. The Bertz CT molecular complexity index is 849. The maximum absolute atomic E-state index is 9.72. The molecule has 3 aromatic rings. The van der Waals surface area contributed by atoms with E-state index in [9.17, 15) is 5.11 Å². The highest BCUT2D eigenvalue weighted by Gasteiger charge is 2.21. The lowest BCUT2D eigenvalue weighted by Gasteiger charge is -2.21. The molecule has 7 nitrogen and oxygen atoms in total. The number of aliphatic hydroxyl groups excluding tert-OH is 1. The number of hydrogen-bond acceptors (Lipinski definition) is 6. The average molecular weight is 350 g/mol. The predicted octanol–water partition coefficient (Wildman–Crippen LogP) is 1.87. The molecule has 7 heteroatoms. The fourth-order valence-electron chi connectivity index (χ4n) is 3.17. The molecule has 0 saturated carbocycles. The summed E-state index contributed by atoms with van der Waals surface area (Å²) >= 11 is 0. The van der Waals surface area contributed by atoms with Gasteiger partial charge in [-0.05, 0) is 36.2 Å². The fraction of sp³-hybridized carbons (Fsp3) is 0.316. The second kappa shape index (κ2) is 7.13. The molecule has 3 heterocycles. The number of aliphatic hydroxyl groups is 1. The summed E-state index contributed by atoms with van der Waals surface area (Å²) in [6.07, 6.45) is 6.00. The van der Waals surface area contributed by atoms with Gasteiger partial charge in [0, 0.05) is 45.3 Å². The lowest BCUT2D eigenvalue weighted by Crippen LogP contribution is -2.24. The summed E-state index contributed by atoms with van der Waals surface area (Å²) in [4.78, 5) is 13.2. The highest BCUT2D eigenvalue weighted by atomic mass is 16.3. The van der Waals surface area contributed by atoms with Crippen LogP contribution in [0.1, 0.15) is 12.0 Å². The van der Waals surface area contributed by atoms with Crippen molar-refractivity contribution >= 4 is 11.8 Å². The maximum Gasteiger partial charge on any atom is 0.227 e. The molecular weight excluding hydrogens is 328 g/mol. The SMILES string of the molecule is CN(Cc1ccc(-n2cccn2)cc1)c1nccc(N2CC[C@H](O)C2)n1. The fourth-order valence-corrected chi connectivity index (χ4v) is 3.17. The van der Waals surface area contributed by atoms with E-state index < -0.39 is 0 Å². The second-order valence-corrected chi connectivity index (χ2v) is 6.58. The van der Waals surface area contributed by atoms with Gasteiger partial charge in [-0.3, -0.25) is 0 Å². The molecule has 0 aliphatic carbocycles. The predicted molar refractivity (Wildman–Crippen MR) is 101 cm³/mol. The topological polar surface area (TPSA) is 70.3 Å². The minimum absolute atomic E-state index is 0.264. The van der Waals surface area contributed by atoms with Gasteiger partial charge in [0.25, 0.3) is 0 Å². The molecule has 4 rings (SSSR count). The number of anilines is 2. The van der Waals surface area contributed by atoms with Crippen molar-refractivity contribution in [1.82, 2.24) is 19.7 Å². The molecule has 0 bridgehead atoms. The standard InChI is InChI=1S/C19H22N6O/c1-23(13-15-3-5-16(6-4-15)25-11-2-9-21-25)19-20-10-7-18(22-19)24-12-8-17(26)14-24/h2-7,9-11,17,26H,8,12-14H2,1H3/t17-/m0/s1. The molecule has 1 aliphatic rings. The van der Waals surface area contributed by atoms with Crippen LogP contribution in [0.2, 0.25) is 0 Å². The van der Waals surface area contributed by atoms with E-state index in [2.05, 4.69) is 44.2 Å². The zero-order valence-corrected chi connectivity index (χ0v) is 14.7. The van der Waals surface area contributed by atoms with Crippen LogP contribution in [0.25, 0.3) is 5.69 Å². The first-order valence-corrected chi connectivity index (χ1v) is 8.75. The summed E-state index contributed by atoms with van der Waals surface area (Å²) in [6.45, 7) is 2.18. The van der Waals surface area contributed by atoms with Gasteiger partial charge in [-0.15, -0.1) is 0 Å². The van der Waals surface area contributed by atoms with Crippen LogP contribution in [0.4, 0.5) is 11.8 Å². The van der Waals surface area contributed by atoms with Gasteiger partial charge >= 0.3 is 0 Å². The quantitative estimate of drug-likeness (QED) is 0.758. The van der Waals surface area contributed by atoms with Gasteiger partial charge in [0.2, 0.25) is 5.95 Å². The Morgan fingerprint density at radius 3 is 2.73 bits per heavy atom. The molecule has 1 atom stereocenters. The first-order chi connectivity index (χ1) is 12.7. The Morgan fingerprint density at radius 1 is 1.19 bits per heavy atom. The molecule has 2 aromatic heterocycles. The van der Waals surface area contributed by atoms with Crippen LogP contribution < -0.4 is 9.80 Å². The van der Waals surface area contributed by atoms with Crippen molar-refractivity contribution < 1.29 is 5.11 Å². The third-order valence-corrected chi connectivity index (χ3v) is 4.58. The third-order valence-electron chi connectivity index (χ3n) is 4.58. The first kappa shape index (κ1) is 16.5. The zero-order valence-electron chi connectivity index (χ0n) is 14.7. The van der Waals surface area contributed by atoms with E-state index in [1.807, 2.05) is 35.0 Å². The van der Waals surface area contributed by atoms with E-state index in [1.165, 1.54) is 5.56 Å². The molecule has 1 aliphatic heterocycles. The second-order valence-electron chi connectivity index (χ2n) is 6.58. The number of nitrogens with zero attached hydrogens (tertiary/aromatic N) is 6. The lowest BCUT2D eigenvalue weighted by atomic mass is 10.2. The molecule has 0 amide bonds. The van der Waals surface area contributed by atoms with Crippen molar-refractivity contribution in [3.8, 4) is 5.69 Å². The minimum Gasteiger partial charge on any atom is -0.391 e. The van der Waals surface area contributed by atoms with Gasteiger partial charge in [-0.2, -0.15) is 10.1 Å². The van der Waals surface area contributed by atoms with E-state index >= 15 is 0 Å². The zero-order chi connectivity index (χ0) is 17.9. The summed E-state index contributed by atoms with van der Waals surface area (Å²) in [6, 6.07) is 12.1. The summed E-state index contributed by atoms with van der Waals surface area (Å²) in [7, 11) is 1.99. The first-order valence-electron chi connectivity index (χ1n) is 8.75. The molecule has 0 radical (unpaired) electrons. The minimum atomic E-state index is -0.264. The van der Waals surface area contributed by atoms with Crippen LogP contribution in [-0.4, -0.2) is 51.1 Å². The number of aromatic nitrogens is 4. The van der Waals surface area contributed by atoms with E-state index in [4.69, 9.17) is 0 Å². The summed E-state index contributed by atoms with van der Waals surface area (Å²) < 4.78 is 1.84. The van der Waals surface area contributed by atoms with E-state index in [0.717, 1.165) is 24.5 Å². The van der Waals surface area contributed by atoms with Crippen LogP contribution in [0.15, 0.2) is 55.0 Å². The van der Waals surface area contributed by atoms with Crippen molar-refractivity contribution in [2.24, 2.45) is 0 Å². The molecule has 134 valence electrons. The Hall–Kier alpha value is -2.93. The van der Waals surface area contributed by atoms with E-state index in [-0.39, 0.29) is 6.10 Å². The Labute approximate surface area is 152 Å². The summed E-state index contributed by atoms with van der Waals surface area (Å²) in [5.41, 5.74) is 2.21. The maximum atomic E-state index is 9.72. The highest BCUT2D eigenvalue weighted by Crippen LogP contribution is 2.20. The van der Waals surface area contributed by atoms with Gasteiger partial charge in [0.05, 0.1) is 11.8 Å². The lowest BCUT2D eigenvalue weighted by molar-refractivity contribution is 0.198. The molecule has 1 saturated heterocycles. The van der Waals surface area contributed by atoms with Crippen molar-refractivity contribution in [1.29, 1.82) is 0 Å². The largest absolute Gasteiger partial charge is 0.391 e. The number of hydrogen-bond donors (Lipinski definition) is 1. The Kier molecular flexibility index (Phi) is 4.53. The number of rotatable bonds is 5. The Morgan fingerprint density at radius 2 is 2.04 bits per heavy atom. The third kappa shape index (κ3) is 3.52. The van der Waals surface area contributed by atoms with E-state index in [0.29, 0.717) is 19.0 Å². The van der Waals surface area contributed by atoms with Gasteiger partial charge in [0.1, 0.15) is 5.82 Å².